The molecule has 0 aliphatic carbocycles. The zero-order valence-corrected chi connectivity index (χ0v) is 22.9. The largest absolute Gasteiger partial charge is 0.507 e. The molecule has 2 aliphatic heterocycles. The molecule has 0 radical (unpaired) electrons. The lowest BCUT2D eigenvalue weighted by molar-refractivity contribution is 0.0428. The van der Waals surface area contributed by atoms with E-state index < -0.39 is 5.91 Å². The lowest BCUT2D eigenvalue weighted by Gasteiger charge is -2.39. The number of nitrogens with two attached hydrogens (primary N) is 1. The Hall–Kier alpha value is -4.45. The molecule has 0 saturated carbocycles. The summed E-state index contributed by atoms with van der Waals surface area (Å²) in [5.41, 5.74) is 10.3. The zero-order valence-electron chi connectivity index (χ0n) is 22.9. The first-order valence-electron chi connectivity index (χ1n) is 13.4. The summed E-state index contributed by atoms with van der Waals surface area (Å²) in [6.45, 7) is 9.45. The quantitative estimate of drug-likeness (QED) is 0.302. The number of rotatable bonds is 7. The van der Waals surface area contributed by atoms with Gasteiger partial charge < -0.3 is 40.9 Å². The van der Waals surface area contributed by atoms with Gasteiger partial charge in [-0.1, -0.05) is 12.1 Å². The molecule has 2 aromatic carbocycles. The zero-order chi connectivity index (χ0) is 28.2. The summed E-state index contributed by atoms with van der Waals surface area (Å²) < 4.78 is 5.35. The Balaban J connectivity index is 1.19. The molecular formula is C28H36N8O4. The van der Waals surface area contributed by atoms with Crippen LogP contribution in [0.3, 0.4) is 0 Å². The number of carbonyl (C=O) groups is 2. The van der Waals surface area contributed by atoms with Crippen molar-refractivity contribution in [2.24, 2.45) is 5.73 Å². The van der Waals surface area contributed by atoms with Gasteiger partial charge in [0.15, 0.2) is 5.82 Å². The normalized spacial score (nSPS) is 15.7. The van der Waals surface area contributed by atoms with Crippen LogP contribution in [-0.2, 0) is 11.3 Å². The van der Waals surface area contributed by atoms with E-state index in [-0.39, 0.29) is 17.3 Å². The molecule has 2 aliphatic rings. The Morgan fingerprint density at radius 2 is 1.62 bits per heavy atom. The van der Waals surface area contributed by atoms with Gasteiger partial charge in [0.2, 0.25) is 0 Å². The van der Waals surface area contributed by atoms with Gasteiger partial charge in [0.1, 0.15) is 17.1 Å². The predicted molar refractivity (Wildman–Crippen MR) is 153 cm³/mol. The number of anilines is 4. The van der Waals surface area contributed by atoms with E-state index in [1.165, 1.54) is 0 Å². The van der Waals surface area contributed by atoms with E-state index in [4.69, 9.17) is 10.5 Å². The fraction of sp³-hybridized carbons (Fsp3) is 0.393. The van der Waals surface area contributed by atoms with Crippen LogP contribution in [0.4, 0.5) is 27.8 Å². The second-order valence-electron chi connectivity index (χ2n) is 10.1. The SMILES string of the molecule is Cc1cc(CNc2n[nH]c(Nc3ccc(N4CCN(C(=O)N5CCOCC5)CC4)cc3)c2C(N)=O)cc(C)c1O. The van der Waals surface area contributed by atoms with Crippen LogP contribution in [0.1, 0.15) is 27.0 Å². The van der Waals surface area contributed by atoms with Crippen molar-refractivity contribution in [3.05, 3.63) is 58.7 Å². The average Bonchev–Trinajstić information content (AvgIpc) is 3.38. The molecule has 5 rings (SSSR count). The minimum Gasteiger partial charge on any atom is -0.507 e. The summed E-state index contributed by atoms with van der Waals surface area (Å²) in [7, 11) is 0. The highest BCUT2D eigenvalue weighted by Gasteiger charge is 2.26. The number of ether oxygens (including phenoxy) is 1. The molecule has 6 N–H and O–H groups in total. The molecule has 40 heavy (non-hydrogen) atoms. The summed E-state index contributed by atoms with van der Waals surface area (Å²) in [5, 5.41) is 23.5. The molecule has 3 heterocycles. The fourth-order valence-corrected chi connectivity index (χ4v) is 5.14. The van der Waals surface area contributed by atoms with Crippen molar-refractivity contribution in [3.8, 4) is 5.75 Å². The number of aromatic nitrogens is 2. The molecule has 212 valence electrons. The molecule has 1 aromatic heterocycles. The number of carbonyl (C=O) groups excluding carboxylic acids is 2. The van der Waals surface area contributed by atoms with Crippen molar-refractivity contribution in [2.45, 2.75) is 20.4 Å². The number of nitrogens with zero attached hydrogens (tertiary/aromatic N) is 4. The third kappa shape index (κ3) is 5.91. The summed E-state index contributed by atoms with van der Waals surface area (Å²) in [6, 6.07) is 11.7. The maximum absolute atomic E-state index is 12.8. The third-order valence-corrected chi connectivity index (χ3v) is 7.36. The number of aromatic amines is 1. The molecule has 0 unspecified atom stereocenters. The Kier molecular flexibility index (Phi) is 7.96. The third-order valence-electron chi connectivity index (χ3n) is 7.36. The number of amides is 3. The van der Waals surface area contributed by atoms with Gasteiger partial charge in [0, 0.05) is 57.2 Å². The van der Waals surface area contributed by atoms with E-state index in [1.807, 2.05) is 60.0 Å². The standard InChI is InChI=1S/C28H36N8O4/c1-18-15-20(16-19(2)24(18)37)17-30-26-23(25(29)38)27(33-32-26)31-21-3-5-22(6-4-21)34-7-9-35(10-8-34)28(39)36-11-13-40-14-12-36/h3-6,15-16,37H,7-14,17H2,1-2H3,(H2,29,38)(H3,30,31,32,33). The summed E-state index contributed by atoms with van der Waals surface area (Å²) >= 11 is 0. The van der Waals surface area contributed by atoms with Crippen LogP contribution in [0.15, 0.2) is 36.4 Å². The van der Waals surface area contributed by atoms with Gasteiger partial charge in [0.25, 0.3) is 5.91 Å². The van der Waals surface area contributed by atoms with Crippen molar-refractivity contribution in [3.63, 3.8) is 0 Å². The summed E-state index contributed by atoms with van der Waals surface area (Å²) in [6.07, 6.45) is 0. The second-order valence-corrected chi connectivity index (χ2v) is 10.1. The molecule has 3 amide bonds. The van der Waals surface area contributed by atoms with Gasteiger partial charge in [-0.05, 0) is 54.8 Å². The second kappa shape index (κ2) is 11.7. The number of morpholine rings is 1. The molecular weight excluding hydrogens is 512 g/mol. The van der Waals surface area contributed by atoms with Crippen LogP contribution in [0.5, 0.6) is 5.75 Å². The van der Waals surface area contributed by atoms with Gasteiger partial charge in [0.05, 0.1) is 13.2 Å². The van der Waals surface area contributed by atoms with E-state index in [1.54, 1.807) is 0 Å². The molecule has 2 fully saturated rings. The maximum Gasteiger partial charge on any atom is 0.320 e. The van der Waals surface area contributed by atoms with E-state index in [0.29, 0.717) is 57.6 Å². The number of benzene rings is 2. The highest BCUT2D eigenvalue weighted by atomic mass is 16.5. The highest BCUT2D eigenvalue weighted by Crippen LogP contribution is 2.28. The molecule has 12 nitrogen and oxygen atoms in total. The number of aryl methyl sites for hydroxylation is 2. The predicted octanol–water partition coefficient (Wildman–Crippen LogP) is 2.76. The van der Waals surface area contributed by atoms with Crippen LogP contribution < -0.4 is 21.3 Å². The van der Waals surface area contributed by atoms with Crippen molar-refractivity contribution >= 4 is 34.9 Å². The Morgan fingerprint density at radius 1 is 1.00 bits per heavy atom. The smallest absolute Gasteiger partial charge is 0.320 e. The number of hydrogen-bond donors (Lipinski definition) is 5. The molecule has 0 bridgehead atoms. The maximum atomic E-state index is 12.8. The molecule has 2 saturated heterocycles. The van der Waals surface area contributed by atoms with Crippen LogP contribution >= 0.6 is 0 Å². The van der Waals surface area contributed by atoms with Gasteiger partial charge in [-0.3, -0.25) is 9.89 Å². The first kappa shape index (κ1) is 27.1. The fourth-order valence-electron chi connectivity index (χ4n) is 5.14. The number of phenolic OH excluding ortho intramolecular Hbond substituents is 1. The number of primary amides is 1. The van der Waals surface area contributed by atoms with Gasteiger partial charge in [-0.15, -0.1) is 0 Å². The average molecular weight is 549 g/mol. The number of phenols is 1. The molecule has 0 atom stereocenters. The first-order valence-corrected chi connectivity index (χ1v) is 13.4. The van der Waals surface area contributed by atoms with E-state index in [9.17, 15) is 14.7 Å². The van der Waals surface area contributed by atoms with Crippen molar-refractivity contribution in [1.82, 2.24) is 20.0 Å². The minimum atomic E-state index is -0.613. The van der Waals surface area contributed by atoms with Crippen LogP contribution in [-0.4, -0.2) is 89.5 Å². The van der Waals surface area contributed by atoms with Crippen LogP contribution in [0, 0.1) is 13.8 Å². The van der Waals surface area contributed by atoms with Crippen molar-refractivity contribution < 1.29 is 19.4 Å². The Bertz CT molecular complexity index is 1340. The lowest BCUT2D eigenvalue weighted by Crippen LogP contribution is -2.54. The number of piperazine rings is 1. The Morgan fingerprint density at radius 3 is 2.25 bits per heavy atom. The molecule has 12 heteroatoms. The molecule has 0 spiro atoms. The van der Waals surface area contributed by atoms with Gasteiger partial charge >= 0.3 is 6.03 Å². The minimum absolute atomic E-state index is 0.0921. The number of H-pyrrole nitrogens is 1. The van der Waals surface area contributed by atoms with E-state index in [0.717, 1.165) is 41.2 Å². The first-order chi connectivity index (χ1) is 19.3. The van der Waals surface area contributed by atoms with Crippen LogP contribution in [0.2, 0.25) is 0 Å². The number of hydrogen-bond acceptors (Lipinski definition) is 8. The summed E-state index contributed by atoms with van der Waals surface area (Å²) in [5.74, 6) is 0.411. The van der Waals surface area contributed by atoms with Crippen LogP contribution in [0.25, 0.3) is 0 Å². The van der Waals surface area contributed by atoms with Gasteiger partial charge in [-0.2, -0.15) is 5.10 Å². The molecule has 3 aromatic rings. The Labute approximate surface area is 233 Å². The monoisotopic (exact) mass is 548 g/mol. The number of urea groups is 1. The van der Waals surface area contributed by atoms with Crippen molar-refractivity contribution in [2.75, 3.05) is 68.0 Å². The van der Waals surface area contributed by atoms with Crippen molar-refractivity contribution in [1.29, 1.82) is 0 Å². The number of nitrogens with one attached hydrogen (secondary N) is 3. The highest BCUT2D eigenvalue weighted by molar-refractivity contribution is 6.03. The summed E-state index contributed by atoms with van der Waals surface area (Å²) in [4.78, 5) is 31.1. The van der Waals surface area contributed by atoms with E-state index in [2.05, 4.69) is 25.7 Å². The van der Waals surface area contributed by atoms with E-state index >= 15 is 0 Å². The van der Waals surface area contributed by atoms with Gasteiger partial charge in [-0.25, -0.2) is 4.79 Å². The topological polar surface area (TPSA) is 152 Å². The number of aromatic hydroxyl groups is 1. The lowest BCUT2D eigenvalue weighted by atomic mass is 10.1.